The average molecular weight is 331 g/mol. The van der Waals surface area contributed by atoms with E-state index in [1.807, 2.05) is 6.92 Å². The van der Waals surface area contributed by atoms with Gasteiger partial charge in [-0.2, -0.15) is 0 Å². The van der Waals surface area contributed by atoms with Gasteiger partial charge >= 0.3 is 5.97 Å². The standard InChI is InChI=1S/C17H21N3O2S/c1-2-22-17(21)11-7-8-12-13(11)14-15(18-9-19-16(14)23-12)20-10-5-3-4-6-10/h9-11H,2-8H2,1H3,(H,18,19,20)/t11-/m0/s1. The van der Waals surface area contributed by atoms with Crippen molar-refractivity contribution in [2.75, 3.05) is 11.9 Å². The molecule has 0 bridgehead atoms. The molecule has 1 atom stereocenters. The number of ether oxygens (including phenoxy) is 1. The number of carbonyl (C=O) groups excluding carboxylic acids is 1. The summed E-state index contributed by atoms with van der Waals surface area (Å²) in [5.41, 5.74) is 1.12. The summed E-state index contributed by atoms with van der Waals surface area (Å²) in [7, 11) is 0. The van der Waals surface area contributed by atoms with Gasteiger partial charge in [0.05, 0.1) is 17.9 Å². The summed E-state index contributed by atoms with van der Waals surface area (Å²) in [4.78, 5) is 23.5. The molecule has 2 aliphatic rings. The lowest BCUT2D eigenvalue weighted by Crippen LogP contribution is -2.17. The average Bonchev–Trinajstić information content (AvgIpc) is 3.23. The Morgan fingerprint density at radius 1 is 1.35 bits per heavy atom. The van der Waals surface area contributed by atoms with Crippen LogP contribution in [0.1, 0.15) is 55.4 Å². The predicted molar refractivity (Wildman–Crippen MR) is 91.0 cm³/mol. The Morgan fingerprint density at radius 2 is 2.17 bits per heavy atom. The van der Waals surface area contributed by atoms with Gasteiger partial charge in [-0.3, -0.25) is 4.79 Å². The highest BCUT2D eigenvalue weighted by molar-refractivity contribution is 7.19. The second-order valence-corrected chi connectivity index (χ2v) is 7.39. The molecule has 5 nitrogen and oxygen atoms in total. The Bertz CT molecular complexity index is 737. The maximum absolute atomic E-state index is 12.3. The van der Waals surface area contributed by atoms with Crippen molar-refractivity contribution in [1.82, 2.24) is 9.97 Å². The Kier molecular flexibility index (Phi) is 3.93. The van der Waals surface area contributed by atoms with E-state index in [1.165, 1.54) is 30.6 Å². The van der Waals surface area contributed by atoms with E-state index in [-0.39, 0.29) is 11.9 Å². The zero-order chi connectivity index (χ0) is 15.8. The van der Waals surface area contributed by atoms with E-state index < -0.39 is 0 Å². The molecule has 6 heteroatoms. The second-order valence-electron chi connectivity index (χ2n) is 6.31. The molecule has 4 rings (SSSR count). The van der Waals surface area contributed by atoms with Crippen molar-refractivity contribution in [3.63, 3.8) is 0 Å². The molecule has 0 saturated heterocycles. The number of hydrogen-bond donors (Lipinski definition) is 1. The first-order valence-electron chi connectivity index (χ1n) is 8.47. The highest BCUT2D eigenvalue weighted by Gasteiger charge is 2.35. The van der Waals surface area contributed by atoms with Gasteiger partial charge in [0, 0.05) is 10.9 Å². The molecule has 2 aromatic rings. The number of carbonyl (C=O) groups is 1. The van der Waals surface area contributed by atoms with Gasteiger partial charge in [-0.15, -0.1) is 11.3 Å². The number of rotatable bonds is 4. The molecular weight excluding hydrogens is 310 g/mol. The first-order chi connectivity index (χ1) is 11.3. The van der Waals surface area contributed by atoms with Crippen molar-refractivity contribution in [3.8, 4) is 0 Å². The number of aryl methyl sites for hydroxylation is 1. The van der Waals surface area contributed by atoms with E-state index in [0.29, 0.717) is 12.6 Å². The van der Waals surface area contributed by atoms with E-state index in [0.717, 1.165) is 34.4 Å². The van der Waals surface area contributed by atoms with Crippen molar-refractivity contribution in [3.05, 3.63) is 16.8 Å². The number of fused-ring (bicyclic) bond motifs is 3. The van der Waals surface area contributed by atoms with Gasteiger partial charge in [0.1, 0.15) is 17.0 Å². The van der Waals surface area contributed by atoms with Crippen LogP contribution in [-0.2, 0) is 16.0 Å². The fourth-order valence-corrected chi connectivity index (χ4v) is 5.04. The minimum atomic E-state index is -0.158. The third-order valence-corrected chi connectivity index (χ3v) is 6.05. The Labute approximate surface area is 139 Å². The molecule has 2 aromatic heterocycles. The van der Waals surface area contributed by atoms with Gasteiger partial charge in [0.15, 0.2) is 0 Å². The molecule has 122 valence electrons. The first kappa shape index (κ1) is 14.9. The summed E-state index contributed by atoms with van der Waals surface area (Å²) in [5, 5.41) is 4.65. The second kappa shape index (κ2) is 6.07. The van der Waals surface area contributed by atoms with Crippen LogP contribution in [0, 0.1) is 0 Å². The molecule has 0 aromatic carbocycles. The van der Waals surface area contributed by atoms with E-state index >= 15 is 0 Å². The summed E-state index contributed by atoms with van der Waals surface area (Å²) in [5.74, 6) is 0.631. The maximum Gasteiger partial charge on any atom is 0.313 e. The first-order valence-corrected chi connectivity index (χ1v) is 9.29. The fraction of sp³-hybridized carbons (Fsp3) is 0.588. The largest absolute Gasteiger partial charge is 0.466 e. The number of esters is 1. The normalized spacial score (nSPS) is 20.8. The smallest absolute Gasteiger partial charge is 0.313 e. The van der Waals surface area contributed by atoms with Crippen molar-refractivity contribution < 1.29 is 9.53 Å². The van der Waals surface area contributed by atoms with E-state index in [9.17, 15) is 4.79 Å². The number of thiophene rings is 1. The van der Waals surface area contributed by atoms with Crippen molar-refractivity contribution >= 4 is 33.3 Å². The number of nitrogens with one attached hydrogen (secondary N) is 1. The van der Waals surface area contributed by atoms with Gasteiger partial charge in [-0.25, -0.2) is 9.97 Å². The summed E-state index contributed by atoms with van der Waals surface area (Å²) >= 11 is 1.70. The molecule has 2 heterocycles. The molecule has 1 N–H and O–H groups in total. The van der Waals surface area contributed by atoms with Crippen LogP contribution in [0.3, 0.4) is 0 Å². The van der Waals surface area contributed by atoms with Crippen molar-refractivity contribution in [1.29, 1.82) is 0 Å². The summed E-state index contributed by atoms with van der Waals surface area (Å²) in [6.45, 7) is 2.28. The minimum Gasteiger partial charge on any atom is -0.466 e. The fourth-order valence-electron chi connectivity index (χ4n) is 3.83. The molecule has 0 amide bonds. The molecule has 0 unspecified atom stereocenters. The van der Waals surface area contributed by atoms with Crippen LogP contribution in [0.2, 0.25) is 0 Å². The van der Waals surface area contributed by atoms with E-state index in [1.54, 1.807) is 17.7 Å². The van der Waals surface area contributed by atoms with Gasteiger partial charge < -0.3 is 10.1 Å². The molecule has 0 spiro atoms. The van der Waals surface area contributed by atoms with Crippen LogP contribution in [-0.4, -0.2) is 28.6 Å². The number of anilines is 1. The van der Waals surface area contributed by atoms with Crippen LogP contribution in [0.15, 0.2) is 6.33 Å². The third-order valence-electron chi connectivity index (χ3n) is 4.88. The quantitative estimate of drug-likeness (QED) is 0.867. The summed E-state index contributed by atoms with van der Waals surface area (Å²) < 4.78 is 5.28. The van der Waals surface area contributed by atoms with Crippen LogP contribution in [0.5, 0.6) is 0 Å². The van der Waals surface area contributed by atoms with Crippen molar-refractivity contribution in [2.45, 2.75) is 57.4 Å². The third kappa shape index (κ3) is 2.59. The molecular formula is C17H21N3O2S. The SMILES string of the molecule is CCOC(=O)[C@H]1CCc2sc3ncnc(NC4CCCC4)c3c21. The Morgan fingerprint density at radius 3 is 2.96 bits per heavy atom. The summed E-state index contributed by atoms with van der Waals surface area (Å²) in [6, 6.07) is 0.492. The topological polar surface area (TPSA) is 64.1 Å². The van der Waals surface area contributed by atoms with E-state index in [4.69, 9.17) is 4.74 Å². The molecule has 23 heavy (non-hydrogen) atoms. The predicted octanol–water partition coefficient (Wildman–Crippen LogP) is 3.64. The zero-order valence-corrected chi connectivity index (χ0v) is 14.1. The Balaban J connectivity index is 1.75. The van der Waals surface area contributed by atoms with Gasteiger partial charge in [0.2, 0.25) is 0 Å². The van der Waals surface area contributed by atoms with E-state index in [2.05, 4.69) is 15.3 Å². The van der Waals surface area contributed by atoms with Crippen LogP contribution < -0.4 is 5.32 Å². The van der Waals surface area contributed by atoms with Gasteiger partial charge in [-0.1, -0.05) is 12.8 Å². The molecule has 1 saturated carbocycles. The molecule has 0 aliphatic heterocycles. The van der Waals surface area contributed by atoms with Gasteiger partial charge in [0.25, 0.3) is 0 Å². The summed E-state index contributed by atoms with van der Waals surface area (Å²) in [6.07, 6.45) is 8.34. The maximum atomic E-state index is 12.3. The molecule has 1 fully saturated rings. The molecule has 0 radical (unpaired) electrons. The monoisotopic (exact) mass is 331 g/mol. The highest BCUT2D eigenvalue weighted by atomic mass is 32.1. The lowest BCUT2D eigenvalue weighted by Gasteiger charge is -2.15. The van der Waals surface area contributed by atoms with Crippen LogP contribution in [0.25, 0.3) is 10.2 Å². The number of hydrogen-bond acceptors (Lipinski definition) is 6. The number of aromatic nitrogens is 2. The number of nitrogens with zero attached hydrogens (tertiary/aromatic N) is 2. The zero-order valence-electron chi connectivity index (χ0n) is 13.3. The minimum absolute atomic E-state index is 0.110. The van der Waals surface area contributed by atoms with Crippen LogP contribution >= 0.6 is 11.3 Å². The van der Waals surface area contributed by atoms with Crippen molar-refractivity contribution in [2.24, 2.45) is 0 Å². The lowest BCUT2D eigenvalue weighted by molar-refractivity contribution is -0.144. The Hall–Kier alpha value is -1.69. The van der Waals surface area contributed by atoms with Crippen LogP contribution in [0.4, 0.5) is 5.82 Å². The lowest BCUT2D eigenvalue weighted by atomic mass is 10.0. The molecule has 2 aliphatic carbocycles. The highest BCUT2D eigenvalue weighted by Crippen LogP contribution is 2.46. The van der Waals surface area contributed by atoms with Gasteiger partial charge in [-0.05, 0) is 38.2 Å².